The van der Waals surface area contributed by atoms with E-state index in [1.165, 1.54) is 12.1 Å². The minimum Gasteiger partial charge on any atom is -0.497 e. The maximum Gasteiger partial charge on any atom is 0.255 e. The molecule has 19 heavy (non-hydrogen) atoms. The first kappa shape index (κ1) is 12.9. The second kappa shape index (κ2) is 5.39. The molecule has 0 bridgehead atoms. The molecule has 0 saturated carbocycles. The number of amides is 1. The van der Waals surface area contributed by atoms with Crippen molar-refractivity contribution < 1.29 is 13.9 Å². The second-order valence-electron chi connectivity index (χ2n) is 3.92. The van der Waals surface area contributed by atoms with E-state index in [1.807, 2.05) is 0 Å². The van der Waals surface area contributed by atoms with Crippen molar-refractivity contribution in [1.29, 1.82) is 0 Å². The highest BCUT2D eigenvalue weighted by molar-refractivity contribution is 6.04. The van der Waals surface area contributed by atoms with Gasteiger partial charge in [0.25, 0.3) is 5.91 Å². The van der Waals surface area contributed by atoms with Crippen LogP contribution in [-0.4, -0.2) is 13.0 Å². The maximum absolute atomic E-state index is 13.2. The smallest absolute Gasteiger partial charge is 0.255 e. The first-order valence-corrected chi connectivity index (χ1v) is 5.60. The molecule has 0 aromatic heterocycles. The summed E-state index contributed by atoms with van der Waals surface area (Å²) in [7, 11) is 1.55. The fourth-order valence-corrected chi connectivity index (χ4v) is 1.55. The highest BCUT2D eigenvalue weighted by Gasteiger charge is 2.07. The van der Waals surface area contributed by atoms with Gasteiger partial charge in [-0.05, 0) is 42.5 Å². The molecule has 1 amide bonds. The van der Waals surface area contributed by atoms with Gasteiger partial charge in [0.1, 0.15) is 11.6 Å². The zero-order valence-electron chi connectivity index (χ0n) is 10.3. The quantitative estimate of drug-likeness (QED) is 0.834. The van der Waals surface area contributed by atoms with Gasteiger partial charge >= 0.3 is 0 Å². The normalized spacial score (nSPS) is 10.0. The molecule has 2 rings (SSSR count). The summed E-state index contributed by atoms with van der Waals surface area (Å²) in [5.74, 6) is -0.227. The number of hydrogen-bond donors (Lipinski definition) is 2. The number of anilines is 2. The van der Waals surface area contributed by atoms with Crippen LogP contribution in [0.15, 0.2) is 42.5 Å². The third-order valence-corrected chi connectivity index (χ3v) is 2.61. The van der Waals surface area contributed by atoms with E-state index in [4.69, 9.17) is 10.5 Å². The number of carbonyl (C=O) groups is 1. The zero-order chi connectivity index (χ0) is 13.8. The van der Waals surface area contributed by atoms with Crippen LogP contribution in [0.3, 0.4) is 0 Å². The highest BCUT2D eigenvalue weighted by atomic mass is 19.1. The van der Waals surface area contributed by atoms with Crippen LogP contribution in [0.25, 0.3) is 0 Å². The van der Waals surface area contributed by atoms with Gasteiger partial charge in [-0.15, -0.1) is 0 Å². The molecule has 0 aliphatic heterocycles. The second-order valence-corrected chi connectivity index (χ2v) is 3.92. The van der Waals surface area contributed by atoms with Crippen molar-refractivity contribution in [3.63, 3.8) is 0 Å². The predicted octanol–water partition coefficient (Wildman–Crippen LogP) is 2.67. The van der Waals surface area contributed by atoms with Crippen LogP contribution in [0.4, 0.5) is 15.8 Å². The van der Waals surface area contributed by atoms with Crippen molar-refractivity contribution in [2.75, 3.05) is 18.2 Å². The molecule has 0 saturated heterocycles. The standard InChI is InChI=1S/C14H13FN2O2/c1-19-11-5-2-9(3-6-11)14(18)17-10-4-7-13(16)12(15)8-10/h2-8H,16H2,1H3,(H,17,18). The largest absolute Gasteiger partial charge is 0.497 e. The molecule has 98 valence electrons. The summed E-state index contributed by atoms with van der Waals surface area (Å²) >= 11 is 0. The molecule has 2 aromatic carbocycles. The van der Waals surface area contributed by atoms with Gasteiger partial charge in [-0.3, -0.25) is 4.79 Å². The number of rotatable bonds is 3. The van der Waals surface area contributed by atoms with Crippen molar-refractivity contribution in [1.82, 2.24) is 0 Å². The van der Waals surface area contributed by atoms with Gasteiger partial charge in [0, 0.05) is 11.3 Å². The van der Waals surface area contributed by atoms with E-state index in [0.29, 0.717) is 17.0 Å². The molecule has 2 aromatic rings. The number of ether oxygens (including phenoxy) is 1. The SMILES string of the molecule is COc1ccc(C(=O)Nc2ccc(N)c(F)c2)cc1. The summed E-state index contributed by atoms with van der Waals surface area (Å²) in [6.45, 7) is 0. The van der Waals surface area contributed by atoms with Crippen LogP contribution in [0.2, 0.25) is 0 Å². The fourth-order valence-electron chi connectivity index (χ4n) is 1.55. The van der Waals surface area contributed by atoms with Crippen LogP contribution < -0.4 is 15.8 Å². The first-order valence-electron chi connectivity index (χ1n) is 5.60. The van der Waals surface area contributed by atoms with Crippen LogP contribution in [0.1, 0.15) is 10.4 Å². The summed E-state index contributed by atoms with van der Waals surface area (Å²) in [6, 6.07) is 10.7. The Balaban J connectivity index is 2.13. The van der Waals surface area contributed by atoms with Gasteiger partial charge in [-0.1, -0.05) is 0 Å². The van der Waals surface area contributed by atoms with Crippen LogP contribution >= 0.6 is 0 Å². The molecule has 0 radical (unpaired) electrons. The van der Waals surface area contributed by atoms with Gasteiger partial charge in [0.2, 0.25) is 0 Å². The number of benzene rings is 2. The minimum atomic E-state index is -0.562. The lowest BCUT2D eigenvalue weighted by Gasteiger charge is -2.07. The molecule has 3 N–H and O–H groups in total. The van der Waals surface area contributed by atoms with Gasteiger partial charge in [0.05, 0.1) is 12.8 Å². The van der Waals surface area contributed by atoms with Crippen molar-refractivity contribution in [3.05, 3.63) is 53.8 Å². The number of nitrogens with two attached hydrogens (primary N) is 1. The lowest BCUT2D eigenvalue weighted by Crippen LogP contribution is -2.12. The summed E-state index contributed by atoms with van der Waals surface area (Å²) in [5, 5.41) is 2.59. The van der Waals surface area contributed by atoms with E-state index in [2.05, 4.69) is 5.32 Å². The highest BCUT2D eigenvalue weighted by Crippen LogP contribution is 2.17. The maximum atomic E-state index is 13.2. The van der Waals surface area contributed by atoms with E-state index in [0.717, 1.165) is 0 Å². The Morgan fingerprint density at radius 2 is 1.89 bits per heavy atom. The van der Waals surface area contributed by atoms with Gasteiger partial charge < -0.3 is 15.8 Å². The molecule has 0 spiro atoms. The number of hydrogen-bond acceptors (Lipinski definition) is 3. The molecule has 0 heterocycles. The van der Waals surface area contributed by atoms with E-state index in [1.54, 1.807) is 37.4 Å². The Labute approximate surface area is 110 Å². The number of carbonyl (C=O) groups excluding carboxylic acids is 1. The summed E-state index contributed by atoms with van der Waals surface area (Å²) in [4.78, 5) is 11.9. The molecule has 5 heteroatoms. The van der Waals surface area contributed by atoms with Crippen LogP contribution in [0.5, 0.6) is 5.75 Å². The third kappa shape index (κ3) is 3.01. The Morgan fingerprint density at radius 1 is 1.21 bits per heavy atom. The summed E-state index contributed by atoms with van der Waals surface area (Å²) < 4.78 is 18.2. The molecular formula is C14H13FN2O2. The zero-order valence-corrected chi connectivity index (χ0v) is 10.3. The van der Waals surface area contributed by atoms with Crippen LogP contribution in [-0.2, 0) is 0 Å². The van der Waals surface area contributed by atoms with Crippen molar-refractivity contribution in [3.8, 4) is 5.75 Å². The molecule has 0 fully saturated rings. The molecule has 0 aliphatic rings. The van der Waals surface area contributed by atoms with Crippen molar-refractivity contribution in [2.24, 2.45) is 0 Å². The minimum absolute atomic E-state index is 0.0439. The monoisotopic (exact) mass is 260 g/mol. The Kier molecular flexibility index (Phi) is 3.66. The Bertz CT molecular complexity index is 597. The lowest BCUT2D eigenvalue weighted by atomic mass is 10.2. The Morgan fingerprint density at radius 3 is 2.47 bits per heavy atom. The summed E-state index contributed by atoms with van der Waals surface area (Å²) in [5.41, 5.74) is 6.22. The fraction of sp³-hybridized carbons (Fsp3) is 0.0714. The average molecular weight is 260 g/mol. The third-order valence-electron chi connectivity index (χ3n) is 2.61. The number of halogens is 1. The van der Waals surface area contributed by atoms with E-state index < -0.39 is 5.82 Å². The topological polar surface area (TPSA) is 64.3 Å². The number of nitrogens with one attached hydrogen (secondary N) is 1. The van der Waals surface area contributed by atoms with Gasteiger partial charge in [0.15, 0.2) is 0 Å². The number of nitrogen functional groups attached to an aromatic ring is 1. The van der Waals surface area contributed by atoms with Crippen molar-refractivity contribution >= 4 is 17.3 Å². The predicted molar refractivity (Wildman–Crippen MR) is 71.8 cm³/mol. The Hall–Kier alpha value is -2.56. The molecule has 0 unspecified atom stereocenters. The van der Waals surface area contributed by atoms with E-state index in [-0.39, 0.29) is 11.6 Å². The molecule has 0 aliphatic carbocycles. The first-order chi connectivity index (χ1) is 9.10. The molecular weight excluding hydrogens is 247 g/mol. The lowest BCUT2D eigenvalue weighted by molar-refractivity contribution is 0.102. The average Bonchev–Trinajstić information content (AvgIpc) is 2.43. The van der Waals surface area contributed by atoms with Crippen LogP contribution in [0, 0.1) is 5.82 Å². The number of methoxy groups -OCH3 is 1. The van der Waals surface area contributed by atoms with E-state index in [9.17, 15) is 9.18 Å². The molecule has 0 atom stereocenters. The summed E-state index contributed by atoms with van der Waals surface area (Å²) in [6.07, 6.45) is 0. The van der Waals surface area contributed by atoms with Gasteiger partial charge in [-0.2, -0.15) is 0 Å². The van der Waals surface area contributed by atoms with Crippen molar-refractivity contribution in [2.45, 2.75) is 0 Å². The van der Waals surface area contributed by atoms with Gasteiger partial charge in [-0.25, -0.2) is 4.39 Å². The van der Waals surface area contributed by atoms with E-state index >= 15 is 0 Å². The molecule has 4 nitrogen and oxygen atoms in total.